The fourth-order valence-electron chi connectivity index (χ4n) is 2.07. The zero-order valence-electron chi connectivity index (χ0n) is 11.4. The highest BCUT2D eigenvalue weighted by Gasteiger charge is 2.18. The Morgan fingerprint density at radius 3 is 2.71 bits per heavy atom. The Kier molecular flexibility index (Phi) is 3.65. The fourth-order valence-corrected chi connectivity index (χ4v) is 4.44. The summed E-state index contributed by atoms with van der Waals surface area (Å²) in [6.07, 6.45) is 2.48. The normalized spacial score (nSPS) is 11.7. The van der Waals surface area contributed by atoms with Crippen molar-refractivity contribution in [3.63, 3.8) is 0 Å². The Bertz CT molecular complexity index is 880. The summed E-state index contributed by atoms with van der Waals surface area (Å²) in [5, 5.41) is 0.901. The van der Waals surface area contributed by atoms with Gasteiger partial charge in [0.1, 0.15) is 4.21 Å². The third kappa shape index (κ3) is 2.77. The summed E-state index contributed by atoms with van der Waals surface area (Å²) in [5.74, 6) is 0. The summed E-state index contributed by atoms with van der Waals surface area (Å²) >= 11 is 1.29. The lowest BCUT2D eigenvalue weighted by atomic mass is 10.2. The van der Waals surface area contributed by atoms with Crippen molar-refractivity contribution in [2.75, 3.05) is 4.72 Å². The number of anilines is 1. The van der Waals surface area contributed by atoms with E-state index in [1.165, 1.54) is 11.3 Å². The number of sulfonamides is 1. The number of aromatic nitrogens is 1. The van der Waals surface area contributed by atoms with Gasteiger partial charge in [-0.1, -0.05) is 25.1 Å². The molecule has 0 fully saturated rings. The van der Waals surface area contributed by atoms with Crippen LogP contribution < -0.4 is 4.72 Å². The number of hydrogen-bond donors (Lipinski definition) is 1. The van der Waals surface area contributed by atoms with Gasteiger partial charge in [-0.05, 0) is 30.7 Å². The van der Waals surface area contributed by atoms with E-state index in [1.807, 2.05) is 37.3 Å². The third-order valence-electron chi connectivity index (χ3n) is 3.13. The van der Waals surface area contributed by atoms with E-state index >= 15 is 0 Å². The molecule has 0 amide bonds. The number of nitrogens with one attached hydrogen (secondary N) is 1. The molecule has 0 unspecified atom stereocenters. The summed E-state index contributed by atoms with van der Waals surface area (Å²) in [6.45, 7) is 2.00. The lowest BCUT2D eigenvalue weighted by molar-refractivity contribution is 0.603. The van der Waals surface area contributed by atoms with E-state index in [0.29, 0.717) is 15.4 Å². The molecular formula is C15H14N2O2S2. The zero-order valence-corrected chi connectivity index (χ0v) is 13.0. The molecule has 2 heterocycles. The summed E-state index contributed by atoms with van der Waals surface area (Å²) in [7, 11) is -3.57. The van der Waals surface area contributed by atoms with Crippen molar-refractivity contribution in [3.8, 4) is 0 Å². The molecule has 0 saturated heterocycles. The van der Waals surface area contributed by atoms with Crippen LogP contribution in [0.2, 0.25) is 0 Å². The monoisotopic (exact) mass is 318 g/mol. The van der Waals surface area contributed by atoms with Crippen LogP contribution in [0.4, 0.5) is 5.69 Å². The van der Waals surface area contributed by atoms with Gasteiger partial charge in [-0.2, -0.15) is 0 Å². The summed E-state index contributed by atoms with van der Waals surface area (Å²) in [5.41, 5.74) is 1.15. The van der Waals surface area contributed by atoms with Crippen molar-refractivity contribution in [3.05, 3.63) is 53.5 Å². The third-order valence-corrected chi connectivity index (χ3v) is 6.21. The predicted octanol–water partition coefficient (Wildman–Crippen LogP) is 3.66. The molecule has 6 heteroatoms. The van der Waals surface area contributed by atoms with Crippen molar-refractivity contribution in [2.24, 2.45) is 0 Å². The topological polar surface area (TPSA) is 59.1 Å². The van der Waals surface area contributed by atoms with Gasteiger partial charge in [0, 0.05) is 16.5 Å². The first-order chi connectivity index (χ1) is 10.1. The van der Waals surface area contributed by atoms with Crippen LogP contribution in [0.1, 0.15) is 11.8 Å². The number of benzene rings is 1. The number of para-hydroxylation sites is 1. The smallest absolute Gasteiger partial charge is 0.271 e. The molecule has 2 aromatic heterocycles. The molecule has 0 aliphatic rings. The zero-order chi connectivity index (χ0) is 14.9. The lowest BCUT2D eigenvalue weighted by Gasteiger charge is -2.08. The van der Waals surface area contributed by atoms with Crippen LogP contribution in [-0.2, 0) is 16.4 Å². The standard InChI is InChI=1S/C15H14N2O2S2/c1-2-12-8-9-14(20-12)21(18,19)17-13-7-3-5-11-6-4-10-16-15(11)13/h3-10,17H,2H2,1H3. The molecule has 1 aromatic carbocycles. The van der Waals surface area contributed by atoms with Gasteiger partial charge in [-0.3, -0.25) is 9.71 Å². The summed E-state index contributed by atoms with van der Waals surface area (Å²) < 4.78 is 27.9. The molecule has 0 aliphatic carbocycles. The van der Waals surface area contributed by atoms with Crippen LogP contribution in [-0.4, -0.2) is 13.4 Å². The maximum Gasteiger partial charge on any atom is 0.271 e. The van der Waals surface area contributed by atoms with Gasteiger partial charge in [0.05, 0.1) is 11.2 Å². The average molecular weight is 318 g/mol. The average Bonchev–Trinajstić information content (AvgIpc) is 2.97. The van der Waals surface area contributed by atoms with Crippen molar-refractivity contribution in [2.45, 2.75) is 17.6 Å². The molecule has 4 nitrogen and oxygen atoms in total. The van der Waals surface area contributed by atoms with E-state index in [9.17, 15) is 8.42 Å². The number of fused-ring (bicyclic) bond motifs is 1. The molecule has 3 rings (SSSR count). The van der Waals surface area contributed by atoms with E-state index in [2.05, 4.69) is 9.71 Å². The second-order valence-electron chi connectivity index (χ2n) is 4.56. The lowest BCUT2D eigenvalue weighted by Crippen LogP contribution is -2.11. The molecule has 108 valence electrons. The van der Waals surface area contributed by atoms with Crippen LogP contribution in [0.15, 0.2) is 52.9 Å². The van der Waals surface area contributed by atoms with Gasteiger partial charge in [0.25, 0.3) is 10.0 Å². The van der Waals surface area contributed by atoms with E-state index in [-0.39, 0.29) is 0 Å². The van der Waals surface area contributed by atoms with Gasteiger partial charge in [-0.25, -0.2) is 8.42 Å². The highest BCUT2D eigenvalue weighted by molar-refractivity contribution is 7.94. The first-order valence-corrected chi connectivity index (χ1v) is 8.85. The molecule has 3 aromatic rings. The molecule has 0 aliphatic heterocycles. The van der Waals surface area contributed by atoms with Crippen LogP contribution in [0.5, 0.6) is 0 Å². The minimum absolute atomic E-state index is 0.326. The molecule has 0 atom stereocenters. The molecule has 21 heavy (non-hydrogen) atoms. The van der Waals surface area contributed by atoms with Gasteiger partial charge in [0.2, 0.25) is 0 Å². The number of aryl methyl sites for hydroxylation is 1. The maximum absolute atomic E-state index is 12.4. The van der Waals surface area contributed by atoms with Crippen molar-refractivity contribution in [1.82, 2.24) is 4.98 Å². The molecular weight excluding hydrogens is 304 g/mol. The maximum atomic E-state index is 12.4. The van der Waals surface area contributed by atoms with Crippen molar-refractivity contribution >= 4 is 38.0 Å². The summed E-state index contributed by atoms with van der Waals surface area (Å²) in [4.78, 5) is 5.30. The van der Waals surface area contributed by atoms with Crippen LogP contribution in [0.3, 0.4) is 0 Å². The molecule has 0 bridgehead atoms. The van der Waals surface area contributed by atoms with E-state index in [1.54, 1.807) is 18.3 Å². The minimum Gasteiger partial charge on any atom is -0.277 e. The number of rotatable bonds is 4. The Balaban J connectivity index is 2.01. The Morgan fingerprint density at radius 1 is 1.14 bits per heavy atom. The van der Waals surface area contributed by atoms with E-state index < -0.39 is 10.0 Å². The van der Waals surface area contributed by atoms with Crippen LogP contribution in [0, 0.1) is 0 Å². The second kappa shape index (κ2) is 5.46. The second-order valence-corrected chi connectivity index (χ2v) is 7.64. The minimum atomic E-state index is -3.57. The quantitative estimate of drug-likeness (QED) is 0.798. The molecule has 0 spiro atoms. The molecule has 1 N–H and O–H groups in total. The highest BCUT2D eigenvalue weighted by Crippen LogP contribution is 2.27. The van der Waals surface area contributed by atoms with Gasteiger partial charge in [-0.15, -0.1) is 11.3 Å². The Morgan fingerprint density at radius 2 is 1.95 bits per heavy atom. The SMILES string of the molecule is CCc1ccc(S(=O)(=O)Nc2cccc3cccnc23)s1. The molecule has 0 radical (unpaired) electrons. The predicted molar refractivity (Wildman–Crippen MR) is 86.2 cm³/mol. The van der Waals surface area contributed by atoms with Crippen molar-refractivity contribution in [1.29, 1.82) is 0 Å². The van der Waals surface area contributed by atoms with Gasteiger partial charge in [0.15, 0.2) is 0 Å². The number of nitrogens with zero attached hydrogens (tertiary/aromatic N) is 1. The number of pyridine rings is 1. The summed E-state index contributed by atoms with van der Waals surface area (Å²) in [6, 6.07) is 12.7. The van der Waals surface area contributed by atoms with E-state index in [0.717, 1.165) is 16.7 Å². The first kappa shape index (κ1) is 14.0. The van der Waals surface area contributed by atoms with Crippen LogP contribution >= 0.6 is 11.3 Å². The van der Waals surface area contributed by atoms with Crippen LogP contribution in [0.25, 0.3) is 10.9 Å². The highest BCUT2D eigenvalue weighted by atomic mass is 32.2. The van der Waals surface area contributed by atoms with Gasteiger partial charge >= 0.3 is 0 Å². The Hall–Kier alpha value is -1.92. The number of thiophene rings is 1. The van der Waals surface area contributed by atoms with E-state index in [4.69, 9.17) is 0 Å². The molecule has 0 saturated carbocycles. The van der Waals surface area contributed by atoms with Gasteiger partial charge < -0.3 is 0 Å². The first-order valence-electron chi connectivity index (χ1n) is 6.55. The largest absolute Gasteiger partial charge is 0.277 e. The number of hydrogen-bond acceptors (Lipinski definition) is 4. The van der Waals surface area contributed by atoms with Crippen molar-refractivity contribution < 1.29 is 8.42 Å². The fraction of sp³-hybridized carbons (Fsp3) is 0.133. The Labute approximate surface area is 127 Å².